The van der Waals surface area contributed by atoms with Gasteiger partial charge in [-0.25, -0.2) is 10.0 Å². The van der Waals surface area contributed by atoms with E-state index in [1.165, 1.54) is 0 Å². The van der Waals surface area contributed by atoms with Crippen LogP contribution >= 0.6 is 23.5 Å². The van der Waals surface area contributed by atoms with Crippen LogP contribution in [0.15, 0.2) is 158 Å². The molecule has 2 fully saturated rings. The van der Waals surface area contributed by atoms with Gasteiger partial charge in [0, 0.05) is 10.8 Å². The lowest BCUT2D eigenvalue weighted by atomic mass is 10.0. The molecule has 0 spiro atoms. The van der Waals surface area contributed by atoms with Crippen LogP contribution in [-0.2, 0) is 19.3 Å². The summed E-state index contributed by atoms with van der Waals surface area (Å²) < 4.78 is 0. The van der Waals surface area contributed by atoms with Gasteiger partial charge in [-0.15, -0.1) is 33.7 Å². The molecule has 8 nitrogen and oxygen atoms in total. The van der Waals surface area contributed by atoms with Crippen LogP contribution in [-0.4, -0.2) is 43.5 Å². The normalized spacial score (nSPS) is 20.4. The number of aromatic nitrogens is 2. The van der Waals surface area contributed by atoms with E-state index in [-0.39, 0.29) is 23.3 Å². The third-order valence-corrected chi connectivity index (χ3v) is 11.9. The summed E-state index contributed by atoms with van der Waals surface area (Å²) in [7, 11) is 0. The molecule has 6 aromatic rings. The van der Waals surface area contributed by atoms with Gasteiger partial charge < -0.3 is 0 Å². The molecule has 0 saturated carbocycles. The molecule has 2 aliphatic rings. The highest BCUT2D eigenvalue weighted by atomic mass is 32.2. The minimum atomic E-state index is -0.854. The van der Waals surface area contributed by atoms with E-state index >= 15 is 0 Å². The Labute approximate surface area is 310 Å². The first-order valence-corrected chi connectivity index (χ1v) is 18.9. The van der Waals surface area contributed by atoms with Crippen molar-refractivity contribution in [2.24, 2.45) is 0 Å². The Morgan fingerprint density at radius 2 is 0.846 bits per heavy atom. The van der Waals surface area contributed by atoms with Crippen molar-refractivity contribution in [2.75, 3.05) is 22.4 Å². The summed E-state index contributed by atoms with van der Waals surface area (Å²) in [4.78, 5) is 25.7. The van der Waals surface area contributed by atoms with Gasteiger partial charge in [-0.3, -0.25) is 20.4 Å². The monoisotopic (exact) mass is 718 g/mol. The van der Waals surface area contributed by atoms with Gasteiger partial charge in [0.2, 0.25) is 0 Å². The molecule has 5 aromatic carbocycles. The number of rotatable bonds is 10. The third-order valence-electron chi connectivity index (χ3n) is 9.09. The largest absolute Gasteiger partial charge is 0.275 e. The molecule has 2 amide bonds. The molecule has 2 unspecified atom stereocenters. The van der Waals surface area contributed by atoms with Crippen molar-refractivity contribution in [3.05, 3.63) is 180 Å². The maximum atomic E-state index is 13.7. The van der Waals surface area contributed by atoms with E-state index < -0.39 is 9.74 Å². The van der Waals surface area contributed by atoms with E-state index in [0.717, 1.165) is 33.0 Å². The quantitative estimate of drug-likeness (QED) is 0.146. The van der Waals surface area contributed by atoms with Crippen LogP contribution in [0.25, 0.3) is 22.9 Å². The summed E-state index contributed by atoms with van der Waals surface area (Å²) in [5.74, 6) is 1.23. The van der Waals surface area contributed by atoms with E-state index in [4.69, 9.17) is 0 Å². The second-order valence-electron chi connectivity index (χ2n) is 12.3. The number of benzene rings is 5. The summed E-state index contributed by atoms with van der Waals surface area (Å²) in [6, 6.07) is 47.8. The second kappa shape index (κ2) is 14.4. The first kappa shape index (κ1) is 33.3. The van der Waals surface area contributed by atoms with Crippen LogP contribution in [0, 0.1) is 0 Å². The highest BCUT2D eigenvalue weighted by Gasteiger charge is 2.48. The number of nitrogens with one attached hydrogen (secondary N) is 2. The highest BCUT2D eigenvalue weighted by molar-refractivity contribution is 8.01. The van der Waals surface area contributed by atoms with Crippen LogP contribution in [0.3, 0.4) is 0 Å². The van der Waals surface area contributed by atoms with Crippen LogP contribution in [0.4, 0.5) is 11.6 Å². The van der Waals surface area contributed by atoms with E-state index in [2.05, 4.69) is 33.2 Å². The molecular formula is C42H34N6O2S2. The van der Waals surface area contributed by atoms with Crippen LogP contribution in [0.5, 0.6) is 0 Å². The predicted octanol–water partition coefficient (Wildman–Crippen LogP) is 8.57. The lowest BCUT2D eigenvalue weighted by Gasteiger charge is -2.36. The summed E-state index contributed by atoms with van der Waals surface area (Å²) >= 11 is 3.08. The number of fused-ring (bicyclic) bond motifs is 1. The Kier molecular flexibility index (Phi) is 9.24. The van der Waals surface area contributed by atoms with Crippen LogP contribution in [0.2, 0.25) is 0 Å². The molecule has 10 heteroatoms. The van der Waals surface area contributed by atoms with E-state index in [1.54, 1.807) is 33.5 Å². The van der Waals surface area contributed by atoms with Gasteiger partial charge >= 0.3 is 0 Å². The molecule has 0 bridgehead atoms. The maximum absolute atomic E-state index is 13.7. The lowest BCUT2D eigenvalue weighted by Crippen LogP contribution is -2.45. The van der Waals surface area contributed by atoms with Crippen molar-refractivity contribution in [3.63, 3.8) is 0 Å². The van der Waals surface area contributed by atoms with Crippen molar-refractivity contribution >= 4 is 69.9 Å². The van der Waals surface area contributed by atoms with Crippen LogP contribution < -0.4 is 10.9 Å². The van der Waals surface area contributed by atoms with Gasteiger partial charge in [-0.1, -0.05) is 158 Å². The molecule has 2 atom stereocenters. The molecule has 0 radical (unpaired) electrons. The Morgan fingerprint density at radius 3 is 1.23 bits per heavy atom. The number of hydrazine groups is 2. The molecule has 2 saturated heterocycles. The number of anilines is 2. The Morgan fingerprint density at radius 1 is 0.500 bits per heavy atom. The van der Waals surface area contributed by atoms with Crippen molar-refractivity contribution in [2.45, 2.75) is 9.74 Å². The number of amides is 2. The van der Waals surface area contributed by atoms with Gasteiger partial charge in [0.25, 0.3) is 11.8 Å². The summed E-state index contributed by atoms with van der Waals surface area (Å²) in [5, 5.41) is 14.1. The minimum Gasteiger partial charge on any atom is -0.275 e. The van der Waals surface area contributed by atoms with E-state index in [1.807, 2.05) is 158 Å². The molecular weight excluding hydrogens is 685 g/mol. The zero-order valence-corrected chi connectivity index (χ0v) is 29.6. The molecule has 8 rings (SSSR count). The molecule has 0 aliphatic carbocycles. The molecule has 3 heterocycles. The average molecular weight is 719 g/mol. The van der Waals surface area contributed by atoms with Gasteiger partial charge in [-0.05, 0) is 34.4 Å². The Hall–Kier alpha value is -5.84. The fraction of sp³-hybridized carbons (Fsp3) is 0.0952. The standard InChI is InChI=1S/C42H34N6O2S2/c49-37-29-51-41(33-19-9-3-10-20-33,27-25-31-15-5-1-6-16-31)47(37)45-39-35-23-13-14-24-36(35)40(44-43-39)46-48-38(50)30-52-42(48,34-21-11-4-12-22-34)28-26-32-17-7-2-8-18-32/h1-28H,29-30H2,(H,43,45)(H,44,46)/b27-25+,28-26+. The van der Waals surface area contributed by atoms with Crippen molar-refractivity contribution < 1.29 is 9.59 Å². The fourth-order valence-electron chi connectivity index (χ4n) is 6.51. The number of hydrogen-bond acceptors (Lipinski definition) is 8. The minimum absolute atomic E-state index is 0.0859. The highest BCUT2D eigenvalue weighted by Crippen LogP contribution is 2.49. The van der Waals surface area contributed by atoms with Gasteiger partial charge in [0.05, 0.1) is 11.5 Å². The summed E-state index contributed by atoms with van der Waals surface area (Å²) in [6.45, 7) is 0. The van der Waals surface area contributed by atoms with Crippen molar-refractivity contribution in [1.29, 1.82) is 0 Å². The van der Waals surface area contributed by atoms with Gasteiger partial charge in [0.15, 0.2) is 21.4 Å². The van der Waals surface area contributed by atoms with Crippen molar-refractivity contribution in [3.8, 4) is 0 Å². The van der Waals surface area contributed by atoms with Gasteiger partial charge in [0.1, 0.15) is 0 Å². The summed E-state index contributed by atoms with van der Waals surface area (Å²) in [6.07, 6.45) is 8.21. The number of carbonyl (C=O) groups excluding carboxylic acids is 2. The lowest BCUT2D eigenvalue weighted by molar-refractivity contribution is -0.128. The van der Waals surface area contributed by atoms with Gasteiger partial charge in [-0.2, -0.15) is 0 Å². The topological polar surface area (TPSA) is 90.5 Å². The number of carbonyl (C=O) groups is 2. The first-order chi connectivity index (χ1) is 25.6. The van der Waals surface area contributed by atoms with E-state index in [9.17, 15) is 9.59 Å². The molecule has 1 aromatic heterocycles. The summed E-state index contributed by atoms with van der Waals surface area (Å²) in [5.41, 5.74) is 10.7. The number of nitrogens with zero attached hydrogens (tertiary/aromatic N) is 4. The fourth-order valence-corrected chi connectivity index (χ4v) is 8.94. The zero-order valence-electron chi connectivity index (χ0n) is 28.0. The predicted molar refractivity (Wildman–Crippen MR) is 213 cm³/mol. The number of hydrogen-bond donors (Lipinski definition) is 2. The average Bonchev–Trinajstić information content (AvgIpc) is 3.71. The second-order valence-corrected chi connectivity index (χ2v) is 14.7. The van der Waals surface area contributed by atoms with E-state index in [0.29, 0.717) is 11.6 Å². The number of thioether (sulfide) groups is 2. The third kappa shape index (κ3) is 6.31. The molecule has 52 heavy (non-hydrogen) atoms. The first-order valence-electron chi connectivity index (χ1n) is 16.9. The zero-order chi connectivity index (χ0) is 35.4. The van der Waals surface area contributed by atoms with Crippen LogP contribution in [0.1, 0.15) is 22.3 Å². The van der Waals surface area contributed by atoms with Crippen molar-refractivity contribution in [1.82, 2.24) is 20.2 Å². The Balaban J connectivity index is 1.17. The smallest absolute Gasteiger partial charge is 0.253 e. The maximum Gasteiger partial charge on any atom is 0.253 e. The molecule has 2 aliphatic heterocycles. The Bertz CT molecular complexity index is 2110. The molecule has 2 N–H and O–H groups in total. The SMILES string of the molecule is O=C1CSC(/C=C/c2ccccc2)(c2ccccc2)N1Nc1nnc(NN2C(=O)CSC2(/C=C/c2ccccc2)c2ccccc2)c2ccccc12. The molecule has 256 valence electrons.